The number of nitrogens with one attached hydrogen (secondary N) is 1. The number of carbonyl (C=O) groups is 1. The predicted octanol–water partition coefficient (Wildman–Crippen LogP) is 5.35. The second-order valence-corrected chi connectivity index (χ2v) is 9.12. The fraction of sp³-hybridized carbons (Fsp3) is 0.320. The summed E-state index contributed by atoms with van der Waals surface area (Å²) in [4.78, 5) is 17.3. The molecule has 1 aliphatic heterocycles. The van der Waals surface area contributed by atoms with Gasteiger partial charge in [0.2, 0.25) is 5.95 Å². The molecule has 0 spiro atoms. The van der Waals surface area contributed by atoms with Crippen molar-refractivity contribution in [2.75, 3.05) is 11.9 Å². The zero-order valence-corrected chi connectivity index (χ0v) is 20.2. The first kappa shape index (κ1) is 21.7. The van der Waals surface area contributed by atoms with Gasteiger partial charge in [-0.1, -0.05) is 29.8 Å². The highest BCUT2D eigenvalue weighted by Gasteiger charge is 2.36. The van der Waals surface area contributed by atoms with Crippen LogP contribution in [-0.4, -0.2) is 27.2 Å². The van der Waals surface area contributed by atoms with Crippen molar-refractivity contribution in [1.29, 1.82) is 0 Å². The van der Waals surface area contributed by atoms with Crippen LogP contribution in [-0.2, 0) is 11.4 Å². The molecule has 2 heterocycles. The van der Waals surface area contributed by atoms with E-state index in [1.165, 1.54) is 11.9 Å². The van der Waals surface area contributed by atoms with Gasteiger partial charge in [0.15, 0.2) is 17.3 Å². The van der Waals surface area contributed by atoms with Gasteiger partial charge in [-0.15, -0.1) is 0 Å². The lowest BCUT2D eigenvalue weighted by molar-refractivity contribution is -0.116. The Kier molecular flexibility index (Phi) is 5.93. The average molecular weight is 509 g/mol. The van der Waals surface area contributed by atoms with Gasteiger partial charge < -0.3 is 14.8 Å². The van der Waals surface area contributed by atoms with Crippen LogP contribution in [0.25, 0.3) is 0 Å². The van der Waals surface area contributed by atoms with Crippen LogP contribution in [0.2, 0.25) is 0 Å². The van der Waals surface area contributed by atoms with Crippen molar-refractivity contribution in [3.8, 4) is 11.5 Å². The minimum absolute atomic E-state index is 0.142. The van der Waals surface area contributed by atoms with Crippen LogP contribution in [0, 0.1) is 6.92 Å². The summed E-state index contributed by atoms with van der Waals surface area (Å²) < 4.78 is 14.7. The van der Waals surface area contributed by atoms with E-state index in [4.69, 9.17) is 9.47 Å². The largest absolute Gasteiger partial charge is 0.490 e. The number of ether oxygens (including phenoxy) is 2. The van der Waals surface area contributed by atoms with Crippen LogP contribution in [0.15, 0.2) is 58.5 Å². The maximum absolute atomic E-state index is 13.0. The number of fused-ring (bicyclic) bond motifs is 1. The van der Waals surface area contributed by atoms with Crippen LogP contribution in [0.5, 0.6) is 11.5 Å². The van der Waals surface area contributed by atoms with Gasteiger partial charge >= 0.3 is 0 Å². The van der Waals surface area contributed by atoms with E-state index >= 15 is 0 Å². The highest BCUT2D eigenvalue weighted by atomic mass is 79.9. The molecule has 170 valence electrons. The first-order chi connectivity index (χ1) is 16.0. The number of aryl methyl sites for hydroxylation is 1. The van der Waals surface area contributed by atoms with Gasteiger partial charge in [-0.3, -0.25) is 4.79 Å². The van der Waals surface area contributed by atoms with Crippen molar-refractivity contribution < 1.29 is 14.3 Å². The van der Waals surface area contributed by atoms with E-state index in [0.29, 0.717) is 37.1 Å². The van der Waals surface area contributed by atoms with Crippen LogP contribution in [0.3, 0.4) is 0 Å². The predicted molar refractivity (Wildman–Crippen MR) is 128 cm³/mol. The molecule has 0 radical (unpaired) electrons. The summed E-state index contributed by atoms with van der Waals surface area (Å²) in [6.45, 7) is 4.92. The first-order valence-corrected chi connectivity index (χ1v) is 11.9. The minimum atomic E-state index is -0.367. The van der Waals surface area contributed by atoms with Crippen molar-refractivity contribution in [3.63, 3.8) is 0 Å². The van der Waals surface area contributed by atoms with E-state index in [0.717, 1.165) is 39.7 Å². The fourth-order valence-electron chi connectivity index (χ4n) is 4.39. The van der Waals surface area contributed by atoms with Crippen LogP contribution >= 0.6 is 15.9 Å². The summed E-state index contributed by atoms with van der Waals surface area (Å²) >= 11 is 3.69. The van der Waals surface area contributed by atoms with Crippen molar-refractivity contribution in [1.82, 2.24) is 14.8 Å². The van der Waals surface area contributed by atoms with E-state index in [9.17, 15) is 4.79 Å². The minimum Gasteiger partial charge on any atom is -0.490 e. The number of nitrogens with zero attached hydrogens (tertiary/aromatic N) is 3. The van der Waals surface area contributed by atoms with Crippen LogP contribution < -0.4 is 14.8 Å². The molecule has 8 heteroatoms. The van der Waals surface area contributed by atoms with Gasteiger partial charge in [-0.2, -0.15) is 10.1 Å². The first-order valence-electron chi connectivity index (χ1n) is 11.1. The fourth-order valence-corrected chi connectivity index (χ4v) is 4.97. The maximum Gasteiger partial charge on any atom is 0.226 e. The number of Topliss-reactive ketones (excluding diaryl/α,β-unsaturated/α-hetero) is 1. The third kappa shape index (κ3) is 4.15. The molecule has 7 nitrogen and oxygen atoms in total. The third-order valence-electron chi connectivity index (χ3n) is 5.96. The molecule has 2 aromatic carbocycles. The topological polar surface area (TPSA) is 78.3 Å². The Balaban J connectivity index is 1.54. The lowest BCUT2D eigenvalue weighted by Crippen LogP contribution is -2.31. The smallest absolute Gasteiger partial charge is 0.226 e. The van der Waals surface area contributed by atoms with Crippen LogP contribution in [0.1, 0.15) is 48.9 Å². The number of hydrogen-bond acceptors (Lipinski definition) is 6. The summed E-state index contributed by atoms with van der Waals surface area (Å²) in [5.74, 6) is 2.04. The number of hydrogen-bond donors (Lipinski definition) is 1. The zero-order valence-electron chi connectivity index (χ0n) is 18.6. The quantitative estimate of drug-likeness (QED) is 0.483. The molecule has 1 aliphatic carbocycles. The molecule has 3 aromatic rings. The second-order valence-electron chi connectivity index (χ2n) is 8.26. The maximum atomic E-state index is 13.0. The Morgan fingerprint density at radius 2 is 2.00 bits per heavy atom. The van der Waals surface area contributed by atoms with Crippen molar-refractivity contribution >= 4 is 27.7 Å². The molecular weight excluding hydrogens is 484 g/mol. The number of allylic oxidation sites excluding steroid dienone is 2. The second kappa shape index (κ2) is 9.02. The number of aromatic nitrogens is 3. The summed E-state index contributed by atoms with van der Waals surface area (Å²) in [5, 5.41) is 7.72. The van der Waals surface area contributed by atoms with E-state index < -0.39 is 0 Å². The average Bonchev–Trinajstić information content (AvgIpc) is 3.27. The van der Waals surface area contributed by atoms with Crippen molar-refractivity contribution in [2.24, 2.45) is 0 Å². The molecule has 0 saturated carbocycles. The lowest BCUT2D eigenvalue weighted by Gasteiger charge is -2.32. The molecule has 0 bridgehead atoms. The molecule has 1 unspecified atom stereocenters. The van der Waals surface area contributed by atoms with Crippen molar-refractivity contribution in [3.05, 3.63) is 75.2 Å². The molecule has 0 amide bonds. The van der Waals surface area contributed by atoms with E-state index in [1.54, 1.807) is 4.68 Å². The number of ketones is 1. The summed E-state index contributed by atoms with van der Waals surface area (Å²) in [5.41, 5.74) is 4.86. The normalized spacial score (nSPS) is 17.3. The molecular formula is C25H25BrN4O3. The van der Waals surface area contributed by atoms with Gasteiger partial charge in [-0.25, -0.2) is 4.68 Å². The van der Waals surface area contributed by atoms with Gasteiger partial charge in [0.05, 0.1) is 11.1 Å². The van der Waals surface area contributed by atoms with E-state index in [1.807, 2.05) is 19.1 Å². The zero-order chi connectivity index (χ0) is 22.9. The molecule has 33 heavy (non-hydrogen) atoms. The Bertz CT molecular complexity index is 1230. The van der Waals surface area contributed by atoms with Gasteiger partial charge in [0.25, 0.3) is 0 Å². The molecule has 0 saturated heterocycles. The standard InChI is InChI=1S/C25H25BrN4O3/c1-3-32-21-12-17(11-18(26)24(21)33-13-16-9-7-15(2)8-10-16)23-22-19(5-4-6-20(22)31)29-25-27-14-28-30(23)25/h7-12,14,23H,3-6,13H2,1-2H3,(H,27,28,29). The van der Waals surface area contributed by atoms with E-state index in [-0.39, 0.29) is 11.8 Å². The van der Waals surface area contributed by atoms with E-state index in [2.05, 4.69) is 62.5 Å². The Morgan fingerprint density at radius 3 is 2.79 bits per heavy atom. The third-order valence-corrected chi connectivity index (χ3v) is 6.55. The van der Waals surface area contributed by atoms with Gasteiger partial charge in [0.1, 0.15) is 19.0 Å². The lowest BCUT2D eigenvalue weighted by atomic mass is 9.85. The summed E-state index contributed by atoms with van der Waals surface area (Å²) in [7, 11) is 0. The highest BCUT2D eigenvalue weighted by molar-refractivity contribution is 9.10. The molecule has 0 fully saturated rings. The Hall–Kier alpha value is -3.13. The van der Waals surface area contributed by atoms with Gasteiger partial charge in [-0.05, 0) is 65.9 Å². The van der Waals surface area contributed by atoms with Crippen LogP contribution in [0.4, 0.5) is 5.95 Å². The molecule has 2 aliphatic rings. The number of anilines is 1. The Labute approximate surface area is 200 Å². The number of rotatable bonds is 6. The Morgan fingerprint density at radius 1 is 1.18 bits per heavy atom. The molecule has 1 aromatic heterocycles. The molecule has 1 N–H and O–H groups in total. The summed E-state index contributed by atoms with van der Waals surface area (Å²) in [6.07, 6.45) is 3.71. The number of carbonyl (C=O) groups excluding carboxylic acids is 1. The SMILES string of the molecule is CCOc1cc(C2C3=C(CCCC3=O)Nc3ncnn32)cc(Br)c1OCc1ccc(C)cc1. The number of benzene rings is 2. The monoisotopic (exact) mass is 508 g/mol. The molecule has 1 atom stereocenters. The molecule has 5 rings (SSSR count). The van der Waals surface area contributed by atoms with Gasteiger partial charge in [0, 0.05) is 17.7 Å². The van der Waals surface area contributed by atoms with Crippen molar-refractivity contribution in [2.45, 2.75) is 45.8 Å². The summed E-state index contributed by atoms with van der Waals surface area (Å²) in [6, 6.07) is 11.8. The highest BCUT2D eigenvalue weighted by Crippen LogP contribution is 2.44. The number of halogens is 1.